The maximum atomic E-state index is 13.0. The van der Waals surface area contributed by atoms with Crippen LogP contribution in [0.25, 0.3) is 0 Å². The molecular formula is C22H33ClN2O2. The van der Waals surface area contributed by atoms with Gasteiger partial charge in [-0.1, -0.05) is 25.4 Å². The zero-order valence-electron chi connectivity index (χ0n) is 16.6. The van der Waals surface area contributed by atoms with Crippen LogP contribution in [0.3, 0.4) is 0 Å². The minimum atomic E-state index is -0.0512. The van der Waals surface area contributed by atoms with Gasteiger partial charge in [0, 0.05) is 23.2 Å². The maximum Gasteiger partial charge on any atom is 0.254 e. The lowest BCUT2D eigenvalue weighted by Gasteiger charge is -2.41. The Morgan fingerprint density at radius 1 is 1.19 bits per heavy atom. The summed E-state index contributed by atoms with van der Waals surface area (Å²) in [6.07, 6.45) is 6.92. The molecule has 3 rings (SSSR count). The number of ether oxygens (including phenoxy) is 1. The van der Waals surface area contributed by atoms with Crippen LogP contribution in [-0.2, 0) is 4.74 Å². The maximum absolute atomic E-state index is 13.0. The van der Waals surface area contributed by atoms with Crippen LogP contribution in [0.15, 0.2) is 24.3 Å². The summed E-state index contributed by atoms with van der Waals surface area (Å²) in [5.74, 6) is 1.61. The van der Waals surface area contributed by atoms with Crippen molar-refractivity contribution in [2.45, 2.75) is 70.6 Å². The quantitative estimate of drug-likeness (QED) is 0.802. The van der Waals surface area contributed by atoms with E-state index in [9.17, 15) is 4.79 Å². The van der Waals surface area contributed by atoms with Gasteiger partial charge in [0.25, 0.3) is 5.91 Å². The van der Waals surface area contributed by atoms with Gasteiger partial charge in [-0.15, -0.1) is 0 Å². The molecule has 0 spiro atoms. The van der Waals surface area contributed by atoms with E-state index >= 15 is 0 Å². The lowest BCUT2D eigenvalue weighted by atomic mass is 9.80. The van der Waals surface area contributed by atoms with Crippen LogP contribution in [0, 0.1) is 11.8 Å². The van der Waals surface area contributed by atoms with E-state index in [1.807, 2.05) is 4.90 Å². The van der Waals surface area contributed by atoms with Crippen molar-refractivity contribution in [1.82, 2.24) is 4.90 Å². The van der Waals surface area contributed by atoms with Crippen LogP contribution in [0.4, 0.5) is 0 Å². The highest BCUT2D eigenvalue weighted by atomic mass is 35.5. The zero-order chi connectivity index (χ0) is 19.4. The second-order valence-corrected chi connectivity index (χ2v) is 8.93. The van der Waals surface area contributed by atoms with Gasteiger partial charge in [-0.3, -0.25) is 4.79 Å². The second kappa shape index (κ2) is 9.40. The molecule has 2 aliphatic rings. The van der Waals surface area contributed by atoms with Crippen molar-refractivity contribution in [2.75, 3.05) is 13.2 Å². The van der Waals surface area contributed by atoms with E-state index in [0.717, 1.165) is 44.1 Å². The summed E-state index contributed by atoms with van der Waals surface area (Å²) >= 11 is 5.95. The van der Waals surface area contributed by atoms with Gasteiger partial charge in [0.05, 0.1) is 18.8 Å². The normalized spacial score (nSPS) is 29.1. The summed E-state index contributed by atoms with van der Waals surface area (Å²) in [5.41, 5.74) is 7.05. The third kappa shape index (κ3) is 5.24. The van der Waals surface area contributed by atoms with Crippen LogP contribution in [0.1, 0.15) is 62.7 Å². The van der Waals surface area contributed by atoms with E-state index in [4.69, 9.17) is 22.1 Å². The highest BCUT2D eigenvalue weighted by molar-refractivity contribution is 6.30. The second-order valence-electron chi connectivity index (χ2n) is 8.49. The predicted molar refractivity (Wildman–Crippen MR) is 110 cm³/mol. The van der Waals surface area contributed by atoms with Crippen molar-refractivity contribution >= 4 is 17.5 Å². The topological polar surface area (TPSA) is 55.6 Å². The summed E-state index contributed by atoms with van der Waals surface area (Å²) in [4.78, 5) is 14.9. The Bertz CT molecular complexity index is 611. The molecule has 2 atom stereocenters. The summed E-state index contributed by atoms with van der Waals surface area (Å²) in [6.45, 7) is 5.90. The van der Waals surface area contributed by atoms with Gasteiger partial charge in [-0.2, -0.15) is 0 Å². The predicted octanol–water partition coefficient (Wildman–Crippen LogP) is 4.50. The number of nitrogens with zero attached hydrogens (tertiary/aromatic N) is 1. The molecule has 4 nitrogen and oxygen atoms in total. The standard InChI is InChI=1S/C22H33ClN2O2/c1-15(2)16-7-11-19(12-8-16)27-14-21-20(24)4-3-13-25(21)22(26)17-5-9-18(23)10-6-17/h5-6,9-10,15-16,19-21H,3-4,7-8,11-14,24H2,1-2H3/t16-,19+,20-,21-/m0/s1. The van der Waals surface area contributed by atoms with Crippen LogP contribution in [0.2, 0.25) is 5.02 Å². The van der Waals surface area contributed by atoms with Crippen LogP contribution < -0.4 is 5.73 Å². The van der Waals surface area contributed by atoms with E-state index < -0.39 is 0 Å². The average Bonchev–Trinajstić information content (AvgIpc) is 2.67. The lowest BCUT2D eigenvalue weighted by molar-refractivity contribution is -0.0268. The van der Waals surface area contributed by atoms with E-state index in [2.05, 4.69) is 13.8 Å². The largest absolute Gasteiger partial charge is 0.376 e. The molecule has 0 aromatic heterocycles. The Morgan fingerprint density at radius 3 is 2.48 bits per heavy atom. The third-order valence-corrected chi connectivity index (χ3v) is 6.60. The van der Waals surface area contributed by atoms with Crippen LogP contribution >= 0.6 is 11.6 Å². The zero-order valence-corrected chi connectivity index (χ0v) is 17.3. The van der Waals surface area contributed by atoms with Gasteiger partial charge in [-0.25, -0.2) is 0 Å². The Hall–Kier alpha value is -1.10. The Kier molecular flexibility index (Phi) is 7.18. The van der Waals surface area contributed by atoms with Gasteiger partial charge in [0.2, 0.25) is 0 Å². The molecule has 0 bridgehead atoms. The molecule has 1 heterocycles. The Balaban J connectivity index is 1.59. The van der Waals surface area contributed by atoms with Crippen LogP contribution in [0.5, 0.6) is 0 Å². The molecule has 1 aromatic carbocycles. The summed E-state index contributed by atoms with van der Waals surface area (Å²) in [7, 11) is 0. The van der Waals surface area contributed by atoms with Crippen molar-refractivity contribution < 1.29 is 9.53 Å². The molecule has 0 unspecified atom stereocenters. The SMILES string of the molecule is CC(C)[C@H]1CC[C@@H](OC[C@H]2[C@@H](N)CCCN2C(=O)c2ccc(Cl)cc2)CC1. The number of carbonyl (C=O) groups is 1. The molecule has 1 aromatic rings. The highest BCUT2D eigenvalue weighted by Crippen LogP contribution is 2.31. The summed E-state index contributed by atoms with van der Waals surface area (Å²) < 4.78 is 6.26. The Morgan fingerprint density at radius 2 is 1.85 bits per heavy atom. The number of benzene rings is 1. The minimum Gasteiger partial charge on any atom is -0.376 e. The number of carbonyl (C=O) groups excluding carboxylic acids is 1. The fraction of sp³-hybridized carbons (Fsp3) is 0.682. The number of nitrogens with two attached hydrogens (primary N) is 1. The first-order valence-electron chi connectivity index (χ1n) is 10.4. The first-order valence-corrected chi connectivity index (χ1v) is 10.8. The minimum absolute atomic E-state index is 0.0259. The summed E-state index contributed by atoms with van der Waals surface area (Å²) in [5, 5.41) is 0.638. The van der Waals surface area contributed by atoms with Gasteiger partial charge in [0.1, 0.15) is 0 Å². The fourth-order valence-electron chi connectivity index (χ4n) is 4.47. The van der Waals surface area contributed by atoms with E-state index in [1.165, 1.54) is 12.8 Å². The van der Waals surface area contributed by atoms with Gasteiger partial charge < -0.3 is 15.4 Å². The number of hydrogen-bond donors (Lipinski definition) is 1. The van der Waals surface area contributed by atoms with Crippen molar-refractivity contribution in [2.24, 2.45) is 17.6 Å². The molecule has 2 N–H and O–H groups in total. The monoisotopic (exact) mass is 392 g/mol. The first-order chi connectivity index (χ1) is 13.0. The molecule has 5 heteroatoms. The molecule has 1 amide bonds. The highest BCUT2D eigenvalue weighted by Gasteiger charge is 2.34. The van der Waals surface area contributed by atoms with Crippen molar-refractivity contribution in [3.63, 3.8) is 0 Å². The average molecular weight is 393 g/mol. The van der Waals surface area contributed by atoms with Crippen LogP contribution in [-0.4, -0.2) is 42.1 Å². The third-order valence-electron chi connectivity index (χ3n) is 6.35. The molecule has 1 saturated carbocycles. The molecular weight excluding hydrogens is 360 g/mol. The van der Waals surface area contributed by atoms with E-state index in [1.54, 1.807) is 24.3 Å². The first kappa shape index (κ1) is 20.6. The lowest BCUT2D eigenvalue weighted by Crippen LogP contribution is -2.56. The fourth-order valence-corrected chi connectivity index (χ4v) is 4.59. The smallest absolute Gasteiger partial charge is 0.254 e. The van der Waals surface area contributed by atoms with Crippen molar-refractivity contribution in [3.05, 3.63) is 34.9 Å². The molecule has 27 heavy (non-hydrogen) atoms. The Labute approximate surface area is 168 Å². The van der Waals surface area contributed by atoms with E-state index in [0.29, 0.717) is 23.3 Å². The number of likely N-dealkylation sites (tertiary alicyclic amines) is 1. The number of amides is 1. The molecule has 2 fully saturated rings. The van der Waals surface area contributed by atoms with E-state index in [-0.39, 0.29) is 18.0 Å². The van der Waals surface area contributed by atoms with Gasteiger partial charge >= 0.3 is 0 Å². The molecule has 1 aliphatic carbocycles. The number of hydrogen-bond acceptors (Lipinski definition) is 3. The molecule has 1 aliphatic heterocycles. The van der Waals surface area contributed by atoms with Gasteiger partial charge in [0.15, 0.2) is 0 Å². The van der Waals surface area contributed by atoms with Gasteiger partial charge in [-0.05, 0) is 74.6 Å². The molecule has 150 valence electrons. The van der Waals surface area contributed by atoms with Crippen molar-refractivity contribution in [1.29, 1.82) is 0 Å². The summed E-state index contributed by atoms with van der Waals surface area (Å²) in [6, 6.07) is 7.02. The number of piperidine rings is 1. The van der Waals surface area contributed by atoms with Crippen molar-refractivity contribution in [3.8, 4) is 0 Å². The number of halogens is 1. The molecule has 0 radical (unpaired) electrons. The number of rotatable bonds is 5. The molecule has 1 saturated heterocycles.